The molecule has 2 heterocycles. The third kappa shape index (κ3) is 3.10. The van der Waals surface area contributed by atoms with Crippen molar-refractivity contribution in [1.29, 1.82) is 0 Å². The summed E-state index contributed by atoms with van der Waals surface area (Å²) in [6.07, 6.45) is 4.73. The smallest absolute Gasteiger partial charge is 0.283 e. The van der Waals surface area contributed by atoms with Crippen LogP contribution in [-0.2, 0) is 9.53 Å². The Balaban J connectivity index is 2.00. The Hall–Kier alpha value is -1.82. The number of carbonyl (C=O) groups is 1. The lowest BCUT2D eigenvalue weighted by Gasteiger charge is -2.20. The van der Waals surface area contributed by atoms with Gasteiger partial charge in [0.15, 0.2) is 5.83 Å². The van der Waals surface area contributed by atoms with Gasteiger partial charge in [-0.05, 0) is 12.8 Å². The van der Waals surface area contributed by atoms with Crippen molar-refractivity contribution in [2.24, 2.45) is 0 Å². The van der Waals surface area contributed by atoms with Crippen molar-refractivity contribution in [1.82, 2.24) is 9.97 Å². The number of anilines is 1. The highest BCUT2D eigenvalue weighted by Crippen LogP contribution is 2.23. The molecule has 0 saturated carbocycles. The van der Waals surface area contributed by atoms with Crippen LogP contribution in [0.3, 0.4) is 0 Å². The van der Waals surface area contributed by atoms with Crippen LogP contribution in [0.2, 0.25) is 0 Å². The van der Waals surface area contributed by atoms with Gasteiger partial charge in [-0.3, -0.25) is 4.79 Å². The van der Waals surface area contributed by atoms with Crippen LogP contribution in [0, 0.1) is 0 Å². The van der Waals surface area contributed by atoms with E-state index in [1.165, 1.54) is 12.4 Å². The van der Waals surface area contributed by atoms with E-state index in [4.69, 9.17) is 4.74 Å². The molecule has 0 radical (unpaired) electrons. The molecule has 2 rings (SSSR count). The average Bonchev–Trinajstić information content (AvgIpc) is 2.40. The van der Waals surface area contributed by atoms with Crippen LogP contribution < -0.4 is 5.32 Å². The molecule has 1 saturated heterocycles. The minimum atomic E-state index is -1.04. The third-order valence-electron chi connectivity index (χ3n) is 2.76. The van der Waals surface area contributed by atoms with Crippen molar-refractivity contribution in [3.63, 3.8) is 0 Å². The van der Waals surface area contributed by atoms with Crippen molar-refractivity contribution in [2.75, 3.05) is 18.5 Å². The molecule has 0 spiro atoms. The quantitative estimate of drug-likeness (QED) is 0.832. The lowest BCUT2D eigenvalue weighted by molar-refractivity contribution is -0.114. The Bertz CT molecular complexity index is 441. The van der Waals surface area contributed by atoms with E-state index in [1.54, 1.807) is 0 Å². The normalized spacial score (nSPS) is 16.3. The van der Waals surface area contributed by atoms with Gasteiger partial charge in [-0.25, -0.2) is 14.4 Å². The van der Waals surface area contributed by atoms with Crippen LogP contribution in [0.25, 0.3) is 0 Å². The standard InChI is InChI=1S/C12H14FN3O2/c1-8(13)12(17)16-10-6-14-11(15-7-10)9-2-4-18-5-3-9/h6-7,9H,1-5H2,(H,16,17). The first-order valence-corrected chi connectivity index (χ1v) is 5.72. The van der Waals surface area contributed by atoms with Gasteiger partial charge in [0.25, 0.3) is 5.91 Å². The van der Waals surface area contributed by atoms with Crippen LogP contribution in [0.1, 0.15) is 24.6 Å². The number of rotatable bonds is 3. The molecule has 18 heavy (non-hydrogen) atoms. The summed E-state index contributed by atoms with van der Waals surface area (Å²) in [6, 6.07) is 0. The molecule has 0 unspecified atom stereocenters. The van der Waals surface area contributed by atoms with E-state index in [9.17, 15) is 9.18 Å². The average molecular weight is 251 g/mol. The largest absolute Gasteiger partial charge is 0.381 e. The fourth-order valence-corrected chi connectivity index (χ4v) is 1.77. The predicted molar refractivity (Wildman–Crippen MR) is 63.7 cm³/mol. The minimum Gasteiger partial charge on any atom is -0.381 e. The molecule has 1 N–H and O–H groups in total. The van der Waals surface area contributed by atoms with Gasteiger partial charge >= 0.3 is 0 Å². The van der Waals surface area contributed by atoms with Crippen LogP contribution in [0.15, 0.2) is 24.8 Å². The van der Waals surface area contributed by atoms with Crippen molar-refractivity contribution < 1.29 is 13.9 Å². The van der Waals surface area contributed by atoms with E-state index in [-0.39, 0.29) is 0 Å². The molecular weight excluding hydrogens is 237 g/mol. The van der Waals surface area contributed by atoms with E-state index in [2.05, 4.69) is 21.9 Å². The number of aromatic nitrogens is 2. The van der Waals surface area contributed by atoms with Gasteiger partial charge in [0.1, 0.15) is 5.82 Å². The lowest BCUT2D eigenvalue weighted by atomic mass is 9.99. The second-order valence-electron chi connectivity index (χ2n) is 4.08. The van der Waals surface area contributed by atoms with E-state index >= 15 is 0 Å². The molecule has 6 heteroatoms. The highest BCUT2D eigenvalue weighted by Gasteiger charge is 2.18. The molecule has 1 aromatic rings. The summed E-state index contributed by atoms with van der Waals surface area (Å²) in [5.74, 6) is -0.893. The Morgan fingerprint density at radius 2 is 2.00 bits per heavy atom. The SMILES string of the molecule is C=C(F)C(=O)Nc1cnc(C2CCOCC2)nc1. The molecule has 0 aliphatic carbocycles. The first-order valence-electron chi connectivity index (χ1n) is 5.72. The molecule has 1 aliphatic rings. The number of hydrogen-bond acceptors (Lipinski definition) is 4. The number of amides is 1. The van der Waals surface area contributed by atoms with E-state index < -0.39 is 11.7 Å². The Kier molecular flexibility index (Phi) is 3.99. The second-order valence-corrected chi connectivity index (χ2v) is 4.08. The first-order chi connectivity index (χ1) is 8.66. The zero-order valence-electron chi connectivity index (χ0n) is 9.86. The summed E-state index contributed by atoms with van der Waals surface area (Å²) in [4.78, 5) is 19.4. The zero-order chi connectivity index (χ0) is 13.0. The van der Waals surface area contributed by atoms with Gasteiger partial charge < -0.3 is 10.1 Å². The van der Waals surface area contributed by atoms with Gasteiger partial charge in [0.2, 0.25) is 0 Å². The van der Waals surface area contributed by atoms with Crippen molar-refractivity contribution >= 4 is 11.6 Å². The van der Waals surface area contributed by atoms with Gasteiger partial charge in [0.05, 0.1) is 18.1 Å². The van der Waals surface area contributed by atoms with Crippen LogP contribution in [-0.4, -0.2) is 29.1 Å². The fraction of sp³-hybridized carbons (Fsp3) is 0.417. The molecular formula is C12H14FN3O2. The van der Waals surface area contributed by atoms with Crippen LogP contribution in [0.4, 0.5) is 10.1 Å². The van der Waals surface area contributed by atoms with Gasteiger partial charge in [-0.1, -0.05) is 6.58 Å². The summed E-state index contributed by atoms with van der Waals surface area (Å²) in [5, 5.41) is 2.31. The number of halogens is 1. The molecule has 0 atom stereocenters. The molecule has 1 aliphatic heterocycles. The van der Waals surface area contributed by atoms with Gasteiger partial charge in [0, 0.05) is 19.1 Å². The molecule has 5 nitrogen and oxygen atoms in total. The summed E-state index contributed by atoms with van der Waals surface area (Å²) in [7, 11) is 0. The van der Waals surface area contributed by atoms with Crippen LogP contribution >= 0.6 is 0 Å². The van der Waals surface area contributed by atoms with Crippen molar-refractivity contribution in [2.45, 2.75) is 18.8 Å². The Morgan fingerprint density at radius 3 is 2.56 bits per heavy atom. The summed E-state index contributed by atoms with van der Waals surface area (Å²) >= 11 is 0. The molecule has 1 amide bonds. The Labute approximate surface area is 104 Å². The molecule has 0 aromatic carbocycles. The summed E-state index contributed by atoms with van der Waals surface area (Å²) in [5.41, 5.74) is 0.356. The van der Waals surface area contributed by atoms with Crippen molar-refractivity contribution in [3.05, 3.63) is 30.6 Å². The number of nitrogens with one attached hydrogen (secondary N) is 1. The maximum absolute atomic E-state index is 12.5. The van der Waals surface area contributed by atoms with Gasteiger partial charge in [-0.15, -0.1) is 0 Å². The maximum Gasteiger partial charge on any atom is 0.283 e. The van der Waals surface area contributed by atoms with Crippen LogP contribution in [0.5, 0.6) is 0 Å². The molecule has 1 aromatic heterocycles. The summed E-state index contributed by atoms with van der Waals surface area (Å²) in [6.45, 7) is 4.34. The molecule has 1 fully saturated rings. The number of carbonyl (C=O) groups excluding carboxylic acids is 1. The monoisotopic (exact) mass is 251 g/mol. The van der Waals surface area contributed by atoms with Crippen molar-refractivity contribution in [3.8, 4) is 0 Å². The summed E-state index contributed by atoms with van der Waals surface area (Å²) < 4.78 is 17.7. The maximum atomic E-state index is 12.5. The van der Waals surface area contributed by atoms with E-state index in [0.717, 1.165) is 18.7 Å². The first kappa shape index (κ1) is 12.6. The minimum absolute atomic E-state index is 0.291. The number of ether oxygens (including phenoxy) is 1. The zero-order valence-corrected chi connectivity index (χ0v) is 9.86. The van der Waals surface area contributed by atoms with E-state index in [0.29, 0.717) is 24.8 Å². The Morgan fingerprint density at radius 1 is 1.39 bits per heavy atom. The molecule has 96 valence electrons. The van der Waals surface area contributed by atoms with Gasteiger partial charge in [-0.2, -0.15) is 0 Å². The highest BCUT2D eigenvalue weighted by molar-refractivity contribution is 6.01. The highest BCUT2D eigenvalue weighted by atomic mass is 19.1. The lowest BCUT2D eigenvalue weighted by Crippen LogP contribution is -2.17. The number of nitrogens with zero attached hydrogens (tertiary/aromatic N) is 2. The second kappa shape index (κ2) is 5.68. The third-order valence-corrected chi connectivity index (χ3v) is 2.76. The number of hydrogen-bond donors (Lipinski definition) is 1. The topological polar surface area (TPSA) is 64.1 Å². The predicted octanol–water partition coefficient (Wildman–Crippen LogP) is 1.79. The molecule has 0 bridgehead atoms. The van der Waals surface area contributed by atoms with E-state index in [1.807, 2.05) is 0 Å². The fourth-order valence-electron chi connectivity index (χ4n) is 1.77.